The van der Waals surface area contributed by atoms with Gasteiger partial charge in [-0.05, 0) is 206 Å². The van der Waals surface area contributed by atoms with Gasteiger partial charge in [0.15, 0.2) is 0 Å². The van der Waals surface area contributed by atoms with E-state index < -0.39 is 11.8 Å². The standard InChI is InChI=1S/3C19H25NO5.2C17H22N2O5.C13H17NO3.2CH4/c3*1-3-24-19(22)14-6-7-16-13(2)20(8-10-25-17(16)11-14)18(21)15-5-4-9-23-12-15;2*1-11-14-5-4-12(16(20)18-22)9-15(14)24-8-6-19(11)17(21)13-3-2-7-23-10-13;1-3-16-13(15)10-4-5-11-9(2)14-6-7-17-12(11)8-10;;/h3*6-7,11,13,15H,3-5,8-10,12H2,1-2H3;2*4-5,9,11,13,22H,2-3,6-8,10H2,1H3,(H,18,20);4-5,8-9,14H,3,6-7H2,1-2H3;2*1H4/t2*13?,15-;;2*11?,13-;;;/m10.10.../s1. The summed E-state index contributed by atoms with van der Waals surface area (Å²) in [4.78, 5) is 144. The fourth-order valence-electron chi connectivity index (χ4n) is 18.8. The molecule has 142 heavy (non-hydrogen) atoms. The summed E-state index contributed by atoms with van der Waals surface area (Å²) in [6.07, 6.45) is 8.91. The van der Waals surface area contributed by atoms with Crippen LogP contribution in [-0.4, -0.2) is 272 Å². The van der Waals surface area contributed by atoms with E-state index in [4.69, 9.17) is 81.5 Å². The van der Waals surface area contributed by atoms with Crippen LogP contribution in [0.5, 0.6) is 34.5 Å². The molecule has 0 saturated carbocycles. The van der Waals surface area contributed by atoms with Gasteiger partial charge in [-0.3, -0.25) is 44.0 Å². The molecule has 36 heteroatoms. The van der Waals surface area contributed by atoms with Gasteiger partial charge in [0.2, 0.25) is 29.5 Å². The second-order valence-electron chi connectivity index (χ2n) is 35.7. The Bertz CT molecular complexity index is 4850. The monoisotopic (exact) mass is 1980 g/mol. The van der Waals surface area contributed by atoms with Crippen LogP contribution in [-0.2, 0) is 66.6 Å². The molecule has 0 radical (unpaired) electrons. The van der Waals surface area contributed by atoms with E-state index in [1.165, 1.54) is 0 Å². The van der Waals surface area contributed by atoms with Gasteiger partial charge in [-0.25, -0.2) is 30.1 Å². The molecule has 17 rings (SSSR count). The topological polar surface area (TPSA) is 419 Å². The third kappa shape index (κ3) is 28.9. The number of nitrogens with one attached hydrogen (secondary N) is 3. The van der Waals surface area contributed by atoms with Gasteiger partial charge in [0, 0.05) is 90.1 Å². The van der Waals surface area contributed by atoms with Gasteiger partial charge in [0.1, 0.15) is 74.1 Å². The lowest BCUT2D eigenvalue weighted by Crippen LogP contribution is -2.41. The smallest absolute Gasteiger partial charge is 0.338 e. The van der Waals surface area contributed by atoms with E-state index >= 15 is 0 Å². The number of esters is 4. The zero-order chi connectivity index (χ0) is 99.9. The summed E-state index contributed by atoms with van der Waals surface area (Å²) in [6.45, 7) is 32.5. The largest absolute Gasteiger partial charge is 0.492 e. The Morgan fingerprint density at radius 1 is 0.303 bits per heavy atom. The minimum Gasteiger partial charge on any atom is -0.492 e. The zero-order valence-corrected chi connectivity index (χ0v) is 81.9. The lowest BCUT2D eigenvalue weighted by Gasteiger charge is -2.32. The van der Waals surface area contributed by atoms with E-state index in [0.717, 1.165) is 143 Å². The summed E-state index contributed by atoms with van der Waals surface area (Å²) in [5, 5.41) is 20.8. The van der Waals surface area contributed by atoms with Crippen molar-refractivity contribution in [3.05, 3.63) is 176 Å². The highest BCUT2D eigenvalue weighted by Crippen LogP contribution is 2.42. The molecule has 6 aromatic rings. The molecule has 0 aliphatic carbocycles. The molecule has 11 atom stereocenters. The molecule has 0 bridgehead atoms. The van der Waals surface area contributed by atoms with E-state index in [9.17, 15) is 52.7 Å². The van der Waals surface area contributed by atoms with Crippen LogP contribution in [0.3, 0.4) is 0 Å². The Balaban J connectivity index is 0.000000175. The summed E-state index contributed by atoms with van der Waals surface area (Å²) < 4.78 is 81.9. The van der Waals surface area contributed by atoms with E-state index in [2.05, 4.69) is 12.2 Å². The molecule has 6 aromatic carbocycles. The van der Waals surface area contributed by atoms with Crippen molar-refractivity contribution in [2.24, 2.45) is 29.6 Å². The summed E-state index contributed by atoms with van der Waals surface area (Å²) in [5.74, 6) is 1.42. The highest BCUT2D eigenvalue weighted by atomic mass is 16.6. The molecular formula is C106H144N8O28. The first kappa shape index (κ1) is 112. The number of rotatable bonds is 15. The second-order valence-corrected chi connectivity index (χ2v) is 35.7. The Kier molecular flexibility index (Phi) is 43.8. The molecule has 36 nitrogen and oxygen atoms in total. The fraction of sp³-hybridized carbons (Fsp3) is 0.557. The summed E-state index contributed by atoms with van der Waals surface area (Å²) in [6, 6.07) is 30.9. The number of hydrogen-bond donors (Lipinski definition) is 5. The van der Waals surface area contributed by atoms with E-state index in [1.54, 1.807) is 124 Å². The van der Waals surface area contributed by atoms with Crippen molar-refractivity contribution in [1.29, 1.82) is 0 Å². The molecule has 11 aliphatic rings. The number of ether oxygens (including phenoxy) is 15. The number of carbonyl (C=O) groups excluding carboxylic acids is 11. The predicted octanol–water partition coefficient (Wildman–Crippen LogP) is 13.9. The van der Waals surface area contributed by atoms with Crippen LogP contribution in [0.15, 0.2) is 109 Å². The fourth-order valence-corrected chi connectivity index (χ4v) is 18.8. The van der Waals surface area contributed by atoms with Crippen LogP contribution in [0.2, 0.25) is 0 Å². The maximum absolute atomic E-state index is 12.9. The number of fused-ring (bicyclic) bond motifs is 6. The Labute approximate surface area is 832 Å². The Hall–Kier alpha value is -12.0. The first-order chi connectivity index (χ1) is 67.8. The second kappa shape index (κ2) is 55.6. The molecule has 5 N–H and O–H groups in total. The lowest BCUT2D eigenvalue weighted by molar-refractivity contribution is -0.142. The lowest BCUT2D eigenvalue weighted by atomic mass is 9.98. The first-order valence-electron chi connectivity index (χ1n) is 49.1. The highest BCUT2D eigenvalue weighted by Gasteiger charge is 2.40. The molecule has 5 fully saturated rings. The number of benzene rings is 6. The third-order valence-electron chi connectivity index (χ3n) is 26.6. The van der Waals surface area contributed by atoms with Crippen molar-refractivity contribution in [3.8, 4) is 34.5 Å². The Morgan fingerprint density at radius 3 is 0.718 bits per heavy atom. The normalized spacial score (nSPS) is 22.5. The molecule has 776 valence electrons. The quantitative estimate of drug-likeness (QED) is 0.0276. The van der Waals surface area contributed by atoms with Crippen LogP contribution >= 0.6 is 0 Å². The van der Waals surface area contributed by atoms with Gasteiger partial charge in [0.05, 0.1) is 174 Å². The van der Waals surface area contributed by atoms with Crippen molar-refractivity contribution in [2.45, 2.75) is 185 Å². The van der Waals surface area contributed by atoms with Crippen LogP contribution in [0.1, 0.15) is 280 Å². The van der Waals surface area contributed by atoms with Gasteiger partial charge in [0.25, 0.3) is 11.8 Å². The zero-order valence-electron chi connectivity index (χ0n) is 81.9. The average molecular weight is 1980 g/mol. The highest BCUT2D eigenvalue weighted by molar-refractivity contribution is 5.96. The maximum Gasteiger partial charge on any atom is 0.338 e. The molecule has 0 spiro atoms. The molecule has 11 heterocycles. The molecule has 0 aromatic heterocycles. The summed E-state index contributed by atoms with van der Waals surface area (Å²) in [7, 11) is 0. The van der Waals surface area contributed by atoms with Gasteiger partial charge < -0.3 is 101 Å². The minimum absolute atomic E-state index is 0. The van der Waals surface area contributed by atoms with Crippen molar-refractivity contribution in [1.82, 2.24) is 40.8 Å². The van der Waals surface area contributed by atoms with Crippen molar-refractivity contribution >= 4 is 65.2 Å². The van der Waals surface area contributed by atoms with Gasteiger partial charge in [-0.1, -0.05) is 51.3 Å². The van der Waals surface area contributed by atoms with E-state index in [0.29, 0.717) is 194 Å². The molecule has 11 aliphatic heterocycles. The molecule has 7 amide bonds. The molecule has 7 unspecified atom stereocenters. The van der Waals surface area contributed by atoms with Crippen molar-refractivity contribution in [2.75, 3.05) is 171 Å². The summed E-state index contributed by atoms with van der Waals surface area (Å²) in [5.41, 5.74) is 11.3. The molecule has 5 saturated heterocycles. The van der Waals surface area contributed by atoms with Gasteiger partial charge in [-0.2, -0.15) is 0 Å². The third-order valence-corrected chi connectivity index (χ3v) is 26.6. The number of nitrogens with zero attached hydrogens (tertiary/aromatic N) is 5. The van der Waals surface area contributed by atoms with E-state index in [-0.39, 0.29) is 134 Å². The molecular weight excluding hydrogens is 1830 g/mol. The van der Waals surface area contributed by atoms with Gasteiger partial charge in [-0.15, -0.1) is 0 Å². The van der Waals surface area contributed by atoms with E-state index in [1.807, 2.05) is 83.4 Å². The van der Waals surface area contributed by atoms with Crippen LogP contribution < -0.4 is 44.7 Å². The number of hydrogen-bond acceptors (Lipinski definition) is 29. The van der Waals surface area contributed by atoms with Crippen molar-refractivity contribution in [3.63, 3.8) is 0 Å². The van der Waals surface area contributed by atoms with Crippen LogP contribution in [0, 0.1) is 29.6 Å². The number of hydroxylamine groups is 2. The predicted molar refractivity (Wildman–Crippen MR) is 522 cm³/mol. The number of carbonyl (C=O) groups is 11. The number of amides is 7. The van der Waals surface area contributed by atoms with Crippen LogP contribution in [0.4, 0.5) is 0 Å². The average Bonchev–Trinajstić information content (AvgIpc) is 1.54. The van der Waals surface area contributed by atoms with Crippen LogP contribution in [0.25, 0.3) is 0 Å². The Morgan fingerprint density at radius 2 is 0.507 bits per heavy atom. The van der Waals surface area contributed by atoms with Crippen molar-refractivity contribution < 1.29 is 134 Å². The minimum atomic E-state index is -0.592. The SMILES string of the molecule is C.C.CC1c2ccc(C(=O)NO)cc2OCCN1C(=O)[C@@H]1CCCOC1.CC1c2ccc(C(=O)NO)cc2OCCN1C(=O)[C@H]1CCCOC1.CCOC(=O)c1ccc2c(c1)OCCN(C(=O)C1CCCOC1)C2C.CCOC(=O)c1ccc2c(c1)OCCN(C(=O)[C@@H]1CCCOC1)C2C.CCOC(=O)c1ccc2c(c1)OCCN(C(=O)[C@H]1CCCOC1)C2C.CCOC(=O)c1ccc2c(c1)OCCNC2C. The maximum atomic E-state index is 12.9. The van der Waals surface area contributed by atoms with Gasteiger partial charge >= 0.3 is 23.9 Å². The first-order valence-corrected chi connectivity index (χ1v) is 49.1. The summed E-state index contributed by atoms with van der Waals surface area (Å²) >= 11 is 0.